The van der Waals surface area contributed by atoms with Gasteiger partial charge in [-0.3, -0.25) is 14.2 Å². The molecule has 0 bridgehead atoms. The Hall–Kier alpha value is -2.68. The Kier molecular flexibility index (Phi) is 5.94. The van der Waals surface area contributed by atoms with Crippen LogP contribution in [-0.4, -0.2) is 27.8 Å². The van der Waals surface area contributed by atoms with E-state index in [4.69, 9.17) is 4.98 Å². The number of para-hydroxylation sites is 1. The molecule has 0 unspecified atom stereocenters. The first-order valence-electron chi connectivity index (χ1n) is 8.83. The Morgan fingerprint density at radius 3 is 2.76 bits per heavy atom. The van der Waals surface area contributed by atoms with Crippen LogP contribution in [0.5, 0.6) is 0 Å². The monoisotopic (exact) mass is 439 g/mol. The molecule has 0 aliphatic carbocycles. The number of nitrogens with zero attached hydrogens (tertiary/aromatic N) is 2. The van der Waals surface area contributed by atoms with Crippen LogP contribution in [0.2, 0.25) is 0 Å². The van der Waals surface area contributed by atoms with E-state index < -0.39 is 0 Å². The van der Waals surface area contributed by atoms with Gasteiger partial charge in [-0.05, 0) is 23.6 Å². The van der Waals surface area contributed by atoms with Gasteiger partial charge in [0.05, 0.1) is 16.8 Å². The number of hydrogen-bond acceptors (Lipinski definition) is 6. The van der Waals surface area contributed by atoms with E-state index in [-0.39, 0.29) is 17.2 Å². The average Bonchev–Trinajstić information content (AvgIpc) is 3.41. The zero-order valence-electron chi connectivity index (χ0n) is 15.3. The highest BCUT2D eigenvalue weighted by Gasteiger charge is 2.19. The Labute approximate surface area is 179 Å². The summed E-state index contributed by atoms with van der Waals surface area (Å²) in [6.45, 7) is 4.01. The number of carbonyl (C=O) groups excluding carboxylic acids is 1. The van der Waals surface area contributed by atoms with Crippen molar-refractivity contribution in [3.63, 3.8) is 0 Å². The van der Waals surface area contributed by atoms with Gasteiger partial charge in [-0.15, -0.1) is 29.3 Å². The standard InChI is InChI=1S/C21H17N3O2S3/c1-2-10-22-17(25)13-29-21-23-19-18(15(12-28-19)16-9-6-11-27-16)20(26)24(21)14-7-4-3-5-8-14/h2-9,11-12H,1,10,13H2,(H,22,25). The molecule has 0 spiro atoms. The van der Waals surface area contributed by atoms with Gasteiger partial charge in [-0.2, -0.15) is 0 Å². The maximum absolute atomic E-state index is 13.6. The molecule has 29 heavy (non-hydrogen) atoms. The fourth-order valence-electron chi connectivity index (χ4n) is 2.85. The van der Waals surface area contributed by atoms with Crippen molar-refractivity contribution >= 4 is 50.6 Å². The molecule has 1 amide bonds. The van der Waals surface area contributed by atoms with Gasteiger partial charge in [0, 0.05) is 22.4 Å². The summed E-state index contributed by atoms with van der Waals surface area (Å²) >= 11 is 4.29. The molecule has 8 heteroatoms. The predicted molar refractivity (Wildman–Crippen MR) is 122 cm³/mol. The lowest BCUT2D eigenvalue weighted by atomic mass is 10.2. The quantitative estimate of drug-likeness (QED) is 0.260. The van der Waals surface area contributed by atoms with Crippen LogP contribution in [0.1, 0.15) is 0 Å². The van der Waals surface area contributed by atoms with E-state index in [2.05, 4.69) is 11.9 Å². The van der Waals surface area contributed by atoms with Gasteiger partial charge in [-0.1, -0.05) is 42.1 Å². The van der Waals surface area contributed by atoms with Gasteiger partial charge >= 0.3 is 0 Å². The minimum absolute atomic E-state index is 0.125. The number of thiophene rings is 2. The molecule has 5 nitrogen and oxygen atoms in total. The Bertz CT molecular complexity index is 1210. The third-order valence-corrected chi connectivity index (χ3v) is 6.87. The zero-order chi connectivity index (χ0) is 20.2. The molecule has 0 fully saturated rings. The summed E-state index contributed by atoms with van der Waals surface area (Å²) in [5, 5.41) is 7.83. The smallest absolute Gasteiger partial charge is 0.268 e. The fourth-order valence-corrected chi connectivity index (χ4v) is 5.50. The summed E-state index contributed by atoms with van der Waals surface area (Å²) in [4.78, 5) is 32.1. The molecule has 4 aromatic rings. The van der Waals surface area contributed by atoms with Crippen LogP contribution in [0, 0.1) is 0 Å². The van der Waals surface area contributed by atoms with Crippen LogP contribution in [0.4, 0.5) is 0 Å². The predicted octanol–water partition coefficient (Wildman–Crippen LogP) is 4.57. The van der Waals surface area contributed by atoms with E-state index >= 15 is 0 Å². The van der Waals surface area contributed by atoms with Crippen molar-refractivity contribution in [1.29, 1.82) is 0 Å². The number of rotatable bonds is 7. The molecule has 4 rings (SSSR count). The van der Waals surface area contributed by atoms with Crippen LogP contribution >= 0.6 is 34.4 Å². The Morgan fingerprint density at radius 1 is 1.21 bits per heavy atom. The highest BCUT2D eigenvalue weighted by molar-refractivity contribution is 7.99. The zero-order valence-corrected chi connectivity index (χ0v) is 17.8. The van der Waals surface area contributed by atoms with Gasteiger partial charge in [0.2, 0.25) is 5.91 Å². The topological polar surface area (TPSA) is 64.0 Å². The maximum atomic E-state index is 13.6. The molecule has 0 atom stereocenters. The van der Waals surface area contributed by atoms with Gasteiger partial charge in [-0.25, -0.2) is 4.98 Å². The third kappa shape index (κ3) is 4.05. The van der Waals surface area contributed by atoms with E-state index in [1.54, 1.807) is 22.0 Å². The van der Waals surface area contributed by atoms with Gasteiger partial charge < -0.3 is 5.32 Å². The molecule has 1 N–H and O–H groups in total. The molecule has 0 saturated heterocycles. The maximum Gasteiger partial charge on any atom is 0.268 e. The molecule has 3 aromatic heterocycles. The normalized spacial score (nSPS) is 10.9. The highest BCUT2D eigenvalue weighted by Crippen LogP contribution is 2.35. The summed E-state index contributed by atoms with van der Waals surface area (Å²) < 4.78 is 1.59. The van der Waals surface area contributed by atoms with Crippen molar-refractivity contribution in [2.75, 3.05) is 12.3 Å². The third-order valence-electron chi connectivity index (χ3n) is 4.15. The molecular weight excluding hydrogens is 422 g/mol. The molecule has 0 aliphatic rings. The van der Waals surface area contributed by atoms with Crippen LogP contribution < -0.4 is 10.9 Å². The Morgan fingerprint density at radius 2 is 2.03 bits per heavy atom. The lowest BCUT2D eigenvalue weighted by Gasteiger charge is -2.12. The van der Waals surface area contributed by atoms with E-state index in [0.717, 1.165) is 16.1 Å². The molecule has 3 heterocycles. The molecule has 0 radical (unpaired) electrons. The molecular formula is C21H17N3O2S3. The van der Waals surface area contributed by atoms with Crippen molar-refractivity contribution in [3.8, 4) is 16.1 Å². The number of carbonyl (C=O) groups is 1. The Balaban J connectivity index is 1.83. The number of aromatic nitrogens is 2. The van der Waals surface area contributed by atoms with E-state index in [0.29, 0.717) is 21.9 Å². The van der Waals surface area contributed by atoms with Crippen molar-refractivity contribution < 1.29 is 4.79 Å². The first-order chi connectivity index (χ1) is 14.2. The van der Waals surface area contributed by atoms with E-state index in [1.165, 1.54) is 23.1 Å². The molecule has 0 saturated carbocycles. The largest absolute Gasteiger partial charge is 0.352 e. The van der Waals surface area contributed by atoms with Crippen molar-refractivity contribution in [3.05, 3.63) is 76.2 Å². The first kappa shape index (κ1) is 19.6. The number of thioether (sulfide) groups is 1. The molecule has 146 valence electrons. The second-order valence-electron chi connectivity index (χ2n) is 6.06. The highest BCUT2D eigenvalue weighted by atomic mass is 32.2. The van der Waals surface area contributed by atoms with Crippen LogP contribution in [0.3, 0.4) is 0 Å². The van der Waals surface area contributed by atoms with Crippen molar-refractivity contribution in [2.45, 2.75) is 5.16 Å². The minimum atomic E-state index is -0.130. The number of amides is 1. The van der Waals surface area contributed by atoms with E-state index in [9.17, 15) is 9.59 Å². The van der Waals surface area contributed by atoms with Gasteiger partial charge in [0.25, 0.3) is 5.56 Å². The SMILES string of the molecule is C=CCNC(=O)CSc1nc2scc(-c3cccs3)c2c(=O)n1-c1ccccc1. The fraction of sp³-hybridized carbons (Fsp3) is 0.0952. The summed E-state index contributed by atoms with van der Waals surface area (Å²) in [5.74, 6) is 0.0382. The summed E-state index contributed by atoms with van der Waals surface area (Å²) in [7, 11) is 0. The molecule has 0 aliphatic heterocycles. The van der Waals surface area contributed by atoms with Gasteiger partial charge in [0.15, 0.2) is 5.16 Å². The second kappa shape index (κ2) is 8.77. The number of benzene rings is 1. The number of hydrogen-bond donors (Lipinski definition) is 1. The van der Waals surface area contributed by atoms with Crippen LogP contribution in [0.25, 0.3) is 26.3 Å². The number of fused-ring (bicyclic) bond motifs is 1. The lowest BCUT2D eigenvalue weighted by Crippen LogP contribution is -2.26. The summed E-state index contributed by atoms with van der Waals surface area (Å²) in [5.41, 5.74) is 1.51. The summed E-state index contributed by atoms with van der Waals surface area (Å²) in [6.07, 6.45) is 1.63. The molecule has 1 aromatic carbocycles. The first-order valence-corrected chi connectivity index (χ1v) is 11.6. The van der Waals surface area contributed by atoms with Crippen molar-refractivity contribution in [2.24, 2.45) is 0 Å². The minimum Gasteiger partial charge on any atom is -0.352 e. The summed E-state index contributed by atoms with van der Waals surface area (Å²) in [6, 6.07) is 13.4. The second-order valence-corrected chi connectivity index (χ2v) is 8.81. The number of nitrogens with one attached hydrogen (secondary N) is 1. The van der Waals surface area contributed by atoms with E-state index in [1.807, 2.05) is 53.2 Å². The van der Waals surface area contributed by atoms with Crippen LogP contribution in [-0.2, 0) is 4.79 Å². The van der Waals surface area contributed by atoms with Gasteiger partial charge in [0.1, 0.15) is 4.83 Å². The van der Waals surface area contributed by atoms with Crippen molar-refractivity contribution in [1.82, 2.24) is 14.9 Å². The lowest BCUT2D eigenvalue weighted by molar-refractivity contribution is -0.118. The average molecular weight is 440 g/mol. The van der Waals surface area contributed by atoms with Crippen LogP contribution in [0.15, 0.2) is 75.8 Å².